The van der Waals surface area contributed by atoms with Crippen molar-refractivity contribution in [2.75, 3.05) is 0 Å². The van der Waals surface area contributed by atoms with Gasteiger partial charge in [0.2, 0.25) is 0 Å². The smallest absolute Gasteiger partial charge is 0.0991 e. The number of aromatic nitrogens is 1. The highest BCUT2D eigenvalue weighted by molar-refractivity contribution is 5.81. The van der Waals surface area contributed by atoms with Gasteiger partial charge in [-0.1, -0.05) is 0 Å². The Bertz CT molecular complexity index is 579. The first kappa shape index (κ1) is 10.3. The van der Waals surface area contributed by atoms with Crippen LogP contribution in [-0.4, -0.2) is 4.57 Å². The summed E-state index contributed by atoms with van der Waals surface area (Å²) in [5.41, 5.74) is 1.87. The van der Waals surface area contributed by atoms with Crippen molar-refractivity contribution >= 4 is 10.9 Å². The van der Waals surface area contributed by atoms with E-state index in [0.29, 0.717) is 5.56 Å². The van der Waals surface area contributed by atoms with E-state index in [-0.39, 0.29) is 0 Å². The van der Waals surface area contributed by atoms with Crippen LogP contribution in [0.3, 0.4) is 0 Å². The molecule has 2 heteroatoms. The minimum absolute atomic E-state index is 0.703. The number of fused-ring (bicyclic) bond motifs is 1. The van der Waals surface area contributed by atoms with E-state index >= 15 is 0 Å². The summed E-state index contributed by atoms with van der Waals surface area (Å²) in [6.45, 7) is 0.930. The van der Waals surface area contributed by atoms with Crippen LogP contribution < -0.4 is 0 Å². The molecule has 78 valence electrons. The van der Waals surface area contributed by atoms with Crippen LogP contribution in [0.5, 0.6) is 0 Å². The molecule has 2 aromatic rings. The predicted molar refractivity (Wildman–Crippen MR) is 64.7 cm³/mol. The van der Waals surface area contributed by atoms with Crippen LogP contribution in [0.25, 0.3) is 10.9 Å². The molecule has 1 aromatic carbocycles. The third kappa shape index (κ3) is 1.92. The molecule has 1 aromatic heterocycles. The molecule has 0 fully saturated rings. The van der Waals surface area contributed by atoms with Crippen molar-refractivity contribution in [3.05, 3.63) is 36.0 Å². The Morgan fingerprint density at radius 3 is 2.94 bits per heavy atom. The van der Waals surface area contributed by atoms with E-state index in [9.17, 15) is 0 Å². The first-order valence-corrected chi connectivity index (χ1v) is 5.27. The van der Waals surface area contributed by atoms with E-state index in [2.05, 4.69) is 16.6 Å². The quantitative estimate of drug-likeness (QED) is 0.563. The van der Waals surface area contributed by atoms with Gasteiger partial charge in [0.05, 0.1) is 11.6 Å². The Morgan fingerprint density at radius 2 is 2.19 bits per heavy atom. The van der Waals surface area contributed by atoms with Crippen molar-refractivity contribution in [1.82, 2.24) is 4.57 Å². The molecular weight excluding hydrogens is 196 g/mol. The fraction of sp³-hybridized carbons (Fsp3) is 0.214. The van der Waals surface area contributed by atoms with Crippen molar-refractivity contribution in [1.29, 1.82) is 5.26 Å². The molecule has 0 saturated carbocycles. The number of hydrogen-bond donors (Lipinski definition) is 0. The van der Waals surface area contributed by atoms with Gasteiger partial charge in [-0.15, -0.1) is 12.3 Å². The number of terminal acetylenes is 1. The molecule has 0 aliphatic rings. The average Bonchev–Trinajstić information content (AvgIpc) is 2.72. The van der Waals surface area contributed by atoms with Gasteiger partial charge in [0.25, 0.3) is 0 Å². The summed E-state index contributed by atoms with van der Waals surface area (Å²) in [6, 6.07) is 9.93. The lowest BCUT2D eigenvalue weighted by Crippen LogP contribution is -1.95. The van der Waals surface area contributed by atoms with E-state index in [1.807, 2.05) is 30.5 Å². The zero-order valence-electron chi connectivity index (χ0n) is 8.98. The summed E-state index contributed by atoms with van der Waals surface area (Å²) >= 11 is 0. The van der Waals surface area contributed by atoms with Gasteiger partial charge in [-0.3, -0.25) is 0 Å². The highest BCUT2D eigenvalue weighted by Crippen LogP contribution is 2.17. The molecule has 0 spiro atoms. The van der Waals surface area contributed by atoms with Crippen LogP contribution in [-0.2, 0) is 6.54 Å². The molecule has 0 bridgehead atoms. The van der Waals surface area contributed by atoms with Crippen molar-refractivity contribution in [3.63, 3.8) is 0 Å². The number of rotatable bonds is 3. The van der Waals surface area contributed by atoms with Crippen LogP contribution in [0.1, 0.15) is 18.4 Å². The summed E-state index contributed by atoms with van der Waals surface area (Å²) in [5.74, 6) is 2.64. The highest BCUT2D eigenvalue weighted by Gasteiger charge is 2.01. The van der Waals surface area contributed by atoms with Gasteiger partial charge in [0.1, 0.15) is 0 Å². The zero-order chi connectivity index (χ0) is 11.4. The Labute approximate surface area is 95.1 Å². The molecule has 0 unspecified atom stereocenters. The molecule has 0 aliphatic heterocycles. The highest BCUT2D eigenvalue weighted by atomic mass is 14.9. The lowest BCUT2D eigenvalue weighted by Gasteiger charge is -2.03. The van der Waals surface area contributed by atoms with E-state index in [0.717, 1.165) is 30.3 Å². The maximum absolute atomic E-state index is 8.80. The second-order valence-electron chi connectivity index (χ2n) is 3.70. The first-order chi connectivity index (χ1) is 7.85. The maximum Gasteiger partial charge on any atom is 0.0991 e. The van der Waals surface area contributed by atoms with Gasteiger partial charge in [-0.05, 0) is 30.7 Å². The number of aryl methyl sites for hydroxylation is 1. The second kappa shape index (κ2) is 4.55. The van der Waals surface area contributed by atoms with Gasteiger partial charge in [0.15, 0.2) is 0 Å². The Morgan fingerprint density at radius 1 is 1.31 bits per heavy atom. The molecular formula is C14H12N2. The van der Waals surface area contributed by atoms with Gasteiger partial charge in [-0.2, -0.15) is 5.26 Å². The van der Waals surface area contributed by atoms with Crippen molar-refractivity contribution in [2.45, 2.75) is 19.4 Å². The predicted octanol–water partition coefficient (Wildman–Crippen LogP) is 2.93. The Kier molecular flexibility index (Phi) is 2.94. The normalized spacial score (nSPS) is 9.88. The Balaban J connectivity index is 2.29. The SMILES string of the molecule is C#CCCCn1ccc2cc(C#N)ccc21. The van der Waals surface area contributed by atoms with E-state index in [1.165, 1.54) is 0 Å². The molecule has 0 aliphatic carbocycles. The van der Waals surface area contributed by atoms with Gasteiger partial charge < -0.3 is 4.57 Å². The first-order valence-electron chi connectivity index (χ1n) is 5.27. The summed E-state index contributed by atoms with van der Waals surface area (Å²) in [4.78, 5) is 0. The monoisotopic (exact) mass is 208 g/mol. The Hall–Kier alpha value is -2.19. The van der Waals surface area contributed by atoms with Crippen LogP contribution in [0.15, 0.2) is 30.5 Å². The summed E-state index contributed by atoms with van der Waals surface area (Å²) in [7, 11) is 0. The van der Waals surface area contributed by atoms with E-state index in [1.54, 1.807) is 0 Å². The number of benzene rings is 1. The van der Waals surface area contributed by atoms with E-state index in [4.69, 9.17) is 11.7 Å². The number of unbranched alkanes of at least 4 members (excludes halogenated alkanes) is 1. The second-order valence-corrected chi connectivity index (χ2v) is 3.70. The van der Waals surface area contributed by atoms with E-state index < -0.39 is 0 Å². The topological polar surface area (TPSA) is 28.7 Å². The summed E-state index contributed by atoms with van der Waals surface area (Å²) < 4.78 is 2.17. The largest absolute Gasteiger partial charge is 0.347 e. The standard InChI is InChI=1S/C14H12N2/c1-2-3-4-8-16-9-7-13-10-12(11-15)5-6-14(13)16/h1,5-7,9-10H,3-4,8H2. The number of nitrogens with zero attached hydrogens (tertiary/aromatic N) is 2. The van der Waals surface area contributed by atoms with Gasteiger partial charge in [0, 0.05) is 30.1 Å². The molecule has 2 nitrogen and oxygen atoms in total. The van der Waals surface area contributed by atoms with Gasteiger partial charge >= 0.3 is 0 Å². The van der Waals surface area contributed by atoms with Crippen LogP contribution >= 0.6 is 0 Å². The lowest BCUT2D eigenvalue weighted by atomic mass is 10.2. The summed E-state index contributed by atoms with van der Waals surface area (Å²) in [6.07, 6.45) is 9.06. The fourth-order valence-electron chi connectivity index (χ4n) is 1.82. The van der Waals surface area contributed by atoms with Crippen molar-refractivity contribution < 1.29 is 0 Å². The third-order valence-corrected chi connectivity index (χ3v) is 2.62. The molecule has 2 rings (SSSR count). The van der Waals surface area contributed by atoms with Gasteiger partial charge in [-0.25, -0.2) is 0 Å². The van der Waals surface area contributed by atoms with Crippen molar-refractivity contribution in [3.8, 4) is 18.4 Å². The molecule has 0 radical (unpaired) electrons. The molecule has 0 atom stereocenters. The molecule has 0 N–H and O–H groups in total. The fourth-order valence-corrected chi connectivity index (χ4v) is 1.82. The average molecular weight is 208 g/mol. The molecule has 1 heterocycles. The minimum Gasteiger partial charge on any atom is -0.347 e. The summed E-state index contributed by atoms with van der Waals surface area (Å²) in [5, 5.41) is 9.91. The minimum atomic E-state index is 0.703. The van der Waals surface area contributed by atoms with Crippen LogP contribution in [0, 0.1) is 23.7 Å². The third-order valence-electron chi connectivity index (χ3n) is 2.62. The molecule has 0 amide bonds. The zero-order valence-corrected chi connectivity index (χ0v) is 8.98. The van der Waals surface area contributed by atoms with Crippen molar-refractivity contribution in [2.24, 2.45) is 0 Å². The number of nitriles is 1. The number of hydrogen-bond acceptors (Lipinski definition) is 1. The maximum atomic E-state index is 8.80. The molecule has 16 heavy (non-hydrogen) atoms. The van der Waals surface area contributed by atoms with Crippen LogP contribution in [0.4, 0.5) is 0 Å². The lowest BCUT2D eigenvalue weighted by molar-refractivity contribution is 0.677. The molecule has 0 saturated heterocycles. The van der Waals surface area contributed by atoms with Crippen LogP contribution in [0.2, 0.25) is 0 Å².